The average Bonchev–Trinajstić information content (AvgIpc) is 3.38. The minimum atomic E-state index is -0.644. The molecule has 2 amide bonds. The highest BCUT2D eigenvalue weighted by Crippen LogP contribution is 2.24. The number of cyclic esters (lactones) is 1. The van der Waals surface area contributed by atoms with Gasteiger partial charge in [0.25, 0.3) is 5.91 Å². The summed E-state index contributed by atoms with van der Waals surface area (Å²) in [5.74, 6) is -0.215. The van der Waals surface area contributed by atoms with E-state index in [1.807, 2.05) is 61.5 Å². The van der Waals surface area contributed by atoms with Crippen LogP contribution in [0, 0.1) is 0 Å². The van der Waals surface area contributed by atoms with Gasteiger partial charge in [-0.1, -0.05) is 47.6 Å². The monoisotopic (exact) mass is 379 g/mol. The number of amides is 2. The third kappa shape index (κ3) is 3.69. The first-order valence-electron chi connectivity index (χ1n) is 9.24. The van der Waals surface area contributed by atoms with Gasteiger partial charge in [-0.3, -0.25) is 9.69 Å². The first kappa shape index (κ1) is 18.0. The van der Waals surface area contributed by atoms with E-state index in [1.165, 1.54) is 0 Å². The van der Waals surface area contributed by atoms with Gasteiger partial charge in [-0.15, -0.1) is 0 Å². The maximum Gasteiger partial charge on any atom is 0.414 e. The second-order valence-electron chi connectivity index (χ2n) is 6.79. The molecule has 0 radical (unpaired) electrons. The van der Waals surface area contributed by atoms with Crippen LogP contribution in [0.4, 0.5) is 10.5 Å². The van der Waals surface area contributed by atoms with Gasteiger partial charge in [-0.25, -0.2) is 4.79 Å². The van der Waals surface area contributed by atoms with Crippen molar-refractivity contribution in [1.82, 2.24) is 5.32 Å². The highest BCUT2D eigenvalue weighted by atomic mass is 16.6. The van der Waals surface area contributed by atoms with Crippen LogP contribution in [0.3, 0.4) is 0 Å². The van der Waals surface area contributed by atoms with Crippen molar-refractivity contribution in [3.8, 4) is 0 Å². The van der Waals surface area contributed by atoms with Crippen LogP contribution in [0.5, 0.6) is 0 Å². The van der Waals surface area contributed by atoms with E-state index in [0.29, 0.717) is 19.6 Å². The van der Waals surface area contributed by atoms with Gasteiger partial charge in [-0.2, -0.15) is 0 Å². The molecule has 144 valence electrons. The van der Waals surface area contributed by atoms with Crippen molar-refractivity contribution in [3.63, 3.8) is 0 Å². The lowest BCUT2D eigenvalue weighted by Gasteiger charge is -2.19. The van der Waals surface area contributed by atoms with Gasteiger partial charge in [0.05, 0.1) is 18.3 Å². The number of hydrogen-bond donors (Lipinski definition) is 1. The van der Waals surface area contributed by atoms with E-state index in [1.54, 1.807) is 4.90 Å². The summed E-state index contributed by atoms with van der Waals surface area (Å²) in [6.07, 6.45) is -0.560. The zero-order valence-electron chi connectivity index (χ0n) is 15.5. The van der Waals surface area contributed by atoms with Gasteiger partial charge in [0.2, 0.25) is 6.10 Å². The molecule has 0 aliphatic carbocycles. The molecule has 2 aromatic carbocycles. The van der Waals surface area contributed by atoms with Gasteiger partial charge >= 0.3 is 6.09 Å². The quantitative estimate of drug-likeness (QED) is 0.866. The summed E-state index contributed by atoms with van der Waals surface area (Å²) in [5, 5.41) is 7.03. The third-order valence-corrected chi connectivity index (χ3v) is 4.87. The Labute approximate surface area is 162 Å². The summed E-state index contributed by atoms with van der Waals surface area (Å²) in [7, 11) is 0. The summed E-state index contributed by atoms with van der Waals surface area (Å²) in [4.78, 5) is 31.3. The van der Waals surface area contributed by atoms with E-state index >= 15 is 0 Å². The van der Waals surface area contributed by atoms with Crippen LogP contribution in [-0.2, 0) is 14.4 Å². The summed E-state index contributed by atoms with van der Waals surface area (Å²) in [6.45, 7) is 2.81. The Morgan fingerprint density at radius 3 is 2.79 bits per heavy atom. The Bertz CT molecular complexity index is 913. The molecule has 2 aromatic rings. The van der Waals surface area contributed by atoms with Crippen molar-refractivity contribution in [2.24, 2.45) is 5.16 Å². The number of nitrogens with one attached hydrogen (secondary N) is 1. The predicted octanol–water partition coefficient (Wildman–Crippen LogP) is 3.01. The molecular weight excluding hydrogens is 358 g/mol. The van der Waals surface area contributed by atoms with E-state index in [4.69, 9.17) is 9.57 Å². The second kappa shape index (κ2) is 7.72. The van der Waals surface area contributed by atoms with Crippen LogP contribution in [0.1, 0.15) is 30.5 Å². The number of carbonyl (C=O) groups is 2. The van der Waals surface area contributed by atoms with Gasteiger partial charge in [0.15, 0.2) is 0 Å². The average molecular weight is 379 g/mol. The molecule has 0 spiro atoms. The highest BCUT2D eigenvalue weighted by molar-refractivity contribution is 6.04. The van der Waals surface area contributed by atoms with Crippen molar-refractivity contribution in [3.05, 3.63) is 65.7 Å². The van der Waals surface area contributed by atoms with Gasteiger partial charge in [0.1, 0.15) is 6.61 Å². The van der Waals surface area contributed by atoms with Crippen LogP contribution in [-0.4, -0.2) is 37.0 Å². The van der Waals surface area contributed by atoms with E-state index < -0.39 is 6.10 Å². The number of rotatable bonds is 5. The van der Waals surface area contributed by atoms with Crippen LogP contribution < -0.4 is 10.2 Å². The molecule has 28 heavy (non-hydrogen) atoms. The second-order valence-corrected chi connectivity index (χ2v) is 6.79. The number of nitrogens with zero attached hydrogens (tertiary/aromatic N) is 2. The first-order chi connectivity index (χ1) is 13.6. The Balaban J connectivity index is 1.38. The molecular formula is C21H21N3O4. The Morgan fingerprint density at radius 1 is 1.21 bits per heavy atom. The summed E-state index contributed by atoms with van der Waals surface area (Å²) < 4.78 is 4.99. The number of hydrogen-bond acceptors (Lipinski definition) is 5. The van der Waals surface area contributed by atoms with E-state index in [0.717, 1.165) is 22.5 Å². The van der Waals surface area contributed by atoms with E-state index in [-0.39, 0.29) is 18.0 Å². The minimum absolute atomic E-state index is 0.215. The fraction of sp³-hybridized carbons (Fsp3) is 0.286. The standard InChI is InChI=1S/C21H21N3O4/c1-14(16-8-5-9-17(12-16)24-10-11-27-21(24)26)22-20(25)19-13-18(23-28-19)15-6-3-2-4-7-15/h2-9,12,14,19H,10-11,13H2,1H3,(H,22,25)/t14-,19-/m1/s1. The fourth-order valence-corrected chi connectivity index (χ4v) is 3.30. The molecule has 1 fully saturated rings. The lowest BCUT2D eigenvalue weighted by Crippen LogP contribution is -2.36. The fourth-order valence-electron chi connectivity index (χ4n) is 3.30. The molecule has 0 aromatic heterocycles. The minimum Gasteiger partial charge on any atom is -0.447 e. The number of anilines is 1. The third-order valence-electron chi connectivity index (χ3n) is 4.87. The Kier molecular flexibility index (Phi) is 4.97. The molecule has 0 saturated carbocycles. The van der Waals surface area contributed by atoms with Crippen LogP contribution in [0.15, 0.2) is 59.8 Å². The molecule has 4 rings (SSSR count). The molecule has 1 N–H and O–H groups in total. The smallest absolute Gasteiger partial charge is 0.414 e. The first-order valence-corrected chi connectivity index (χ1v) is 9.24. The summed E-state index contributed by atoms with van der Waals surface area (Å²) in [5.41, 5.74) is 3.37. The van der Waals surface area contributed by atoms with Gasteiger partial charge in [-0.05, 0) is 30.2 Å². The molecule has 7 heteroatoms. The van der Waals surface area contributed by atoms with Gasteiger partial charge in [0, 0.05) is 12.1 Å². The maximum atomic E-state index is 12.6. The van der Waals surface area contributed by atoms with Crippen LogP contribution in [0.25, 0.3) is 0 Å². The SMILES string of the molecule is C[C@@H](NC(=O)[C@H]1CC(c2ccccc2)=NO1)c1cccc(N2CCOC2=O)c1. The lowest BCUT2D eigenvalue weighted by atomic mass is 10.0. The molecule has 7 nitrogen and oxygen atoms in total. The van der Waals surface area contributed by atoms with Gasteiger partial charge < -0.3 is 14.9 Å². The summed E-state index contributed by atoms with van der Waals surface area (Å²) in [6, 6.07) is 17.0. The van der Waals surface area contributed by atoms with Crippen LogP contribution in [0.2, 0.25) is 0 Å². The number of benzene rings is 2. The molecule has 0 unspecified atom stereocenters. The van der Waals surface area contributed by atoms with Crippen molar-refractivity contribution in [1.29, 1.82) is 0 Å². The normalized spacial score (nSPS) is 19.6. The van der Waals surface area contributed by atoms with Crippen molar-refractivity contribution >= 4 is 23.4 Å². The highest BCUT2D eigenvalue weighted by Gasteiger charge is 2.30. The van der Waals surface area contributed by atoms with E-state index in [9.17, 15) is 9.59 Å². The number of ether oxygens (including phenoxy) is 1. The lowest BCUT2D eigenvalue weighted by molar-refractivity contribution is -0.131. The van der Waals surface area contributed by atoms with Crippen molar-refractivity contribution in [2.75, 3.05) is 18.1 Å². The molecule has 2 aliphatic heterocycles. The Hall–Kier alpha value is -3.35. The molecule has 2 aliphatic rings. The molecule has 1 saturated heterocycles. The van der Waals surface area contributed by atoms with Crippen molar-refractivity contribution < 1.29 is 19.2 Å². The maximum absolute atomic E-state index is 12.6. The topological polar surface area (TPSA) is 80.2 Å². The zero-order chi connectivity index (χ0) is 19.5. The van der Waals surface area contributed by atoms with E-state index in [2.05, 4.69) is 10.5 Å². The zero-order valence-corrected chi connectivity index (χ0v) is 15.5. The summed E-state index contributed by atoms with van der Waals surface area (Å²) >= 11 is 0. The van der Waals surface area contributed by atoms with Crippen molar-refractivity contribution in [2.45, 2.75) is 25.5 Å². The molecule has 0 bridgehead atoms. The Morgan fingerprint density at radius 2 is 2.04 bits per heavy atom. The van der Waals surface area contributed by atoms with Crippen LogP contribution >= 0.6 is 0 Å². The molecule has 2 atom stereocenters. The predicted molar refractivity (Wildman–Crippen MR) is 104 cm³/mol. The largest absolute Gasteiger partial charge is 0.447 e. The molecule has 2 heterocycles. The number of carbonyl (C=O) groups excluding carboxylic acids is 2. The number of oxime groups is 1.